The van der Waals surface area contributed by atoms with Gasteiger partial charge in [-0.25, -0.2) is 0 Å². The first-order chi connectivity index (χ1) is 16.8. The average Bonchev–Trinajstić information content (AvgIpc) is 3.24. The van der Waals surface area contributed by atoms with Crippen LogP contribution in [0.3, 0.4) is 0 Å². The highest BCUT2D eigenvalue weighted by Gasteiger charge is 2.40. The normalized spacial score (nSPS) is 20.7. The summed E-state index contributed by atoms with van der Waals surface area (Å²) in [6.45, 7) is 11.8. The highest BCUT2D eigenvalue weighted by Crippen LogP contribution is 2.44. The van der Waals surface area contributed by atoms with E-state index in [-0.39, 0.29) is 11.6 Å². The molecular weight excluding hydrogens is 430 g/mol. The van der Waals surface area contributed by atoms with Crippen molar-refractivity contribution in [3.8, 4) is 5.75 Å². The number of hydrogen-bond acceptors (Lipinski definition) is 4. The van der Waals surface area contributed by atoms with Crippen molar-refractivity contribution in [2.45, 2.75) is 64.6 Å². The largest absolute Gasteiger partial charge is 0.485 e. The highest BCUT2D eigenvalue weighted by atomic mass is 16.5. The van der Waals surface area contributed by atoms with E-state index in [2.05, 4.69) is 98.6 Å². The number of nitrogens with zero attached hydrogens (tertiary/aromatic N) is 1. The Bertz CT molecular complexity index is 1090. The van der Waals surface area contributed by atoms with Crippen LogP contribution < -0.4 is 15.8 Å². The van der Waals surface area contributed by atoms with Gasteiger partial charge in [-0.1, -0.05) is 60.7 Å². The zero-order chi connectivity index (χ0) is 24.6. The van der Waals surface area contributed by atoms with Crippen molar-refractivity contribution in [1.82, 2.24) is 10.2 Å². The van der Waals surface area contributed by atoms with Crippen molar-refractivity contribution in [3.05, 3.63) is 94.0 Å². The Morgan fingerprint density at radius 2 is 1.49 bits per heavy atom. The summed E-state index contributed by atoms with van der Waals surface area (Å²) in [5.41, 5.74) is 14.6. The second-order valence-electron chi connectivity index (χ2n) is 10.8. The number of likely N-dealkylation sites (tertiary alicyclic amines) is 1. The van der Waals surface area contributed by atoms with Crippen molar-refractivity contribution in [1.29, 1.82) is 0 Å². The Labute approximate surface area is 210 Å². The molecule has 2 aliphatic rings. The van der Waals surface area contributed by atoms with Crippen LogP contribution in [0.5, 0.6) is 5.75 Å². The van der Waals surface area contributed by atoms with Gasteiger partial charge in [-0.15, -0.1) is 0 Å². The molecule has 0 saturated carbocycles. The Kier molecular flexibility index (Phi) is 6.61. The molecule has 0 radical (unpaired) electrons. The van der Waals surface area contributed by atoms with E-state index in [0.717, 1.165) is 55.9 Å². The minimum Gasteiger partial charge on any atom is -0.485 e. The lowest BCUT2D eigenvalue weighted by molar-refractivity contribution is 0.0501. The van der Waals surface area contributed by atoms with Crippen LogP contribution >= 0.6 is 0 Å². The predicted octanol–water partition coefficient (Wildman–Crippen LogP) is 5.73. The van der Waals surface area contributed by atoms with E-state index in [9.17, 15) is 0 Å². The third-order valence-corrected chi connectivity index (χ3v) is 8.15. The zero-order valence-electron chi connectivity index (χ0n) is 21.6. The van der Waals surface area contributed by atoms with Crippen LogP contribution in [0.2, 0.25) is 0 Å². The number of ether oxygens (including phenoxy) is 1. The van der Waals surface area contributed by atoms with Crippen LogP contribution in [0.1, 0.15) is 59.2 Å². The van der Waals surface area contributed by atoms with Gasteiger partial charge in [0.1, 0.15) is 11.4 Å². The number of nitrogen functional groups attached to an aromatic ring is 1. The predicted molar refractivity (Wildman–Crippen MR) is 145 cm³/mol. The maximum Gasteiger partial charge on any atom is 0.127 e. The molecule has 5 rings (SSSR count). The molecule has 3 aromatic rings. The molecule has 0 amide bonds. The van der Waals surface area contributed by atoms with Crippen LogP contribution in [-0.2, 0) is 6.42 Å². The van der Waals surface area contributed by atoms with Crippen LogP contribution in [0, 0.1) is 20.8 Å². The summed E-state index contributed by atoms with van der Waals surface area (Å²) >= 11 is 0. The van der Waals surface area contributed by atoms with Crippen molar-refractivity contribution >= 4 is 5.69 Å². The van der Waals surface area contributed by atoms with E-state index in [0.29, 0.717) is 6.04 Å². The standard InChI is InChI=1S/C31H39N3O/c1-21-22(2)30-27(23(3)28(21)32)19-31(4,35-30)20-34-17-15-26(16-18-34)33-29(24-11-7-5-8-12-24)25-13-9-6-10-14-25/h5-14,26,29,33H,15-20,32H2,1-4H3. The Hall–Kier alpha value is -2.82. The Balaban J connectivity index is 1.23. The summed E-state index contributed by atoms with van der Waals surface area (Å²) in [7, 11) is 0. The fraction of sp³-hybridized carbons (Fsp3) is 0.419. The first-order valence-electron chi connectivity index (χ1n) is 13.0. The summed E-state index contributed by atoms with van der Waals surface area (Å²) in [6.07, 6.45) is 3.22. The van der Waals surface area contributed by atoms with Crippen LogP contribution in [0.25, 0.3) is 0 Å². The molecule has 0 spiro atoms. The molecule has 4 heteroatoms. The van der Waals surface area contributed by atoms with Crippen LogP contribution in [0.4, 0.5) is 5.69 Å². The summed E-state index contributed by atoms with van der Waals surface area (Å²) in [6, 6.07) is 22.4. The third-order valence-electron chi connectivity index (χ3n) is 8.15. The first-order valence-corrected chi connectivity index (χ1v) is 13.0. The maximum atomic E-state index is 6.64. The number of nitrogens with two attached hydrogens (primary N) is 1. The lowest BCUT2D eigenvalue weighted by Gasteiger charge is -2.38. The number of rotatable bonds is 6. The molecule has 4 nitrogen and oxygen atoms in total. The molecular formula is C31H39N3O. The molecule has 2 heterocycles. The van der Waals surface area contributed by atoms with E-state index >= 15 is 0 Å². The molecule has 3 N–H and O–H groups in total. The number of nitrogens with one attached hydrogen (secondary N) is 1. The van der Waals surface area contributed by atoms with Gasteiger partial charge in [-0.05, 0) is 81.4 Å². The summed E-state index contributed by atoms with van der Waals surface area (Å²) in [4.78, 5) is 2.59. The minimum absolute atomic E-state index is 0.199. The molecule has 3 aromatic carbocycles. The third kappa shape index (κ3) is 4.82. The van der Waals surface area contributed by atoms with Crippen LogP contribution in [0.15, 0.2) is 60.7 Å². The van der Waals surface area contributed by atoms with E-state index in [1.807, 2.05) is 0 Å². The number of piperidine rings is 1. The van der Waals surface area contributed by atoms with Gasteiger partial charge in [-0.3, -0.25) is 4.90 Å². The summed E-state index contributed by atoms with van der Waals surface area (Å²) < 4.78 is 6.64. The Morgan fingerprint density at radius 1 is 0.914 bits per heavy atom. The fourth-order valence-corrected chi connectivity index (χ4v) is 5.95. The average molecular weight is 470 g/mol. The second-order valence-corrected chi connectivity index (χ2v) is 10.8. The van der Waals surface area contributed by atoms with Gasteiger partial charge in [-0.2, -0.15) is 0 Å². The van der Waals surface area contributed by atoms with Crippen molar-refractivity contribution in [2.24, 2.45) is 0 Å². The molecule has 1 saturated heterocycles. The van der Waals surface area contributed by atoms with Gasteiger partial charge in [0.15, 0.2) is 0 Å². The molecule has 35 heavy (non-hydrogen) atoms. The minimum atomic E-state index is -0.199. The molecule has 0 aliphatic carbocycles. The maximum absolute atomic E-state index is 6.64. The SMILES string of the molecule is Cc1c(C)c2c(c(C)c1N)CC(C)(CN1CCC(NC(c3ccccc3)c3ccccc3)CC1)O2. The fourth-order valence-electron chi connectivity index (χ4n) is 5.95. The molecule has 1 unspecified atom stereocenters. The lowest BCUT2D eigenvalue weighted by Crippen LogP contribution is -2.50. The zero-order valence-corrected chi connectivity index (χ0v) is 21.6. The van der Waals surface area contributed by atoms with E-state index in [4.69, 9.17) is 10.5 Å². The molecule has 184 valence electrons. The monoisotopic (exact) mass is 469 g/mol. The topological polar surface area (TPSA) is 50.5 Å². The van der Waals surface area contributed by atoms with E-state index in [1.54, 1.807) is 0 Å². The quantitative estimate of drug-likeness (QED) is 0.453. The molecule has 0 bridgehead atoms. The summed E-state index contributed by atoms with van der Waals surface area (Å²) in [5, 5.41) is 3.98. The van der Waals surface area contributed by atoms with Crippen molar-refractivity contribution < 1.29 is 4.74 Å². The van der Waals surface area contributed by atoms with Gasteiger partial charge in [0.2, 0.25) is 0 Å². The first kappa shape index (κ1) is 23.9. The van der Waals surface area contributed by atoms with Crippen molar-refractivity contribution in [2.75, 3.05) is 25.4 Å². The van der Waals surface area contributed by atoms with Gasteiger partial charge >= 0.3 is 0 Å². The van der Waals surface area contributed by atoms with Gasteiger partial charge in [0, 0.05) is 30.3 Å². The second kappa shape index (κ2) is 9.67. The van der Waals surface area contributed by atoms with Gasteiger partial charge in [0.05, 0.1) is 6.04 Å². The smallest absolute Gasteiger partial charge is 0.127 e. The summed E-state index contributed by atoms with van der Waals surface area (Å²) in [5.74, 6) is 1.07. The van der Waals surface area contributed by atoms with Crippen molar-refractivity contribution in [3.63, 3.8) is 0 Å². The van der Waals surface area contributed by atoms with E-state index in [1.165, 1.54) is 27.8 Å². The van der Waals surface area contributed by atoms with Gasteiger partial charge in [0.25, 0.3) is 0 Å². The molecule has 0 aromatic heterocycles. The Morgan fingerprint density at radius 3 is 2.06 bits per heavy atom. The number of fused-ring (bicyclic) bond motifs is 1. The number of benzene rings is 3. The van der Waals surface area contributed by atoms with Gasteiger partial charge < -0.3 is 15.8 Å². The molecule has 1 atom stereocenters. The van der Waals surface area contributed by atoms with Crippen LogP contribution in [-0.4, -0.2) is 36.2 Å². The lowest BCUT2D eigenvalue weighted by atomic mass is 9.91. The molecule has 2 aliphatic heterocycles. The number of anilines is 1. The number of hydrogen-bond donors (Lipinski definition) is 2. The van der Waals surface area contributed by atoms with E-state index < -0.39 is 0 Å². The molecule has 1 fully saturated rings. The highest BCUT2D eigenvalue weighted by molar-refractivity contribution is 5.66.